The van der Waals surface area contributed by atoms with Gasteiger partial charge in [0.15, 0.2) is 5.65 Å². The number of nitrogens with one attached hydrogen (secondary N) is 1. The fourth-order valence-electron chi connectivity index (χ4n) is 2.92. The number of fused-ring (bicyclic) bond motifs is 2. The average molecular weight is 396 g/mol. The number of carbonyl (C=O) groups is 1. The predicted octanol–water partition coefficient (Wildman–Crippen LogP) is 4.34. The standard InChI is InChI=1S/C20H18ClN5O2/c1-12(2)15-11-24-26-18(8-17(21)25-19(15)26)28-20(27)23-10-13-7-14-5-3-4-6-16(14)22-9-13/h3-9,11-12H,10H2,1-2H3,(H,23,27). The van der Waals surface area contributed by atoms with E-state index < -0.39 is 6.09 Å². The first-order chi connectivity index (χ1) is 13.5. The number of nitrogens with zero attached hydrogens (tertiary/aromatic N) is 4. The summed E-state index contributed by atoms with van der Waals surface area (Å²) in [6, 6.07) is 11.2. The Labute approximate surface area is 166 Å². The number of rotatable bonds is 4. The third kappa shape index (κ3) is 3.61. The molecular formula is C20H18ClN5O2. The van der Waals surface area contributed by atoms with Gasteiger partial charge in [0.2, 0.25) is 5.88 Å². The highest BCUT2D eigenvalue weighted by molar-refractivity contribution is 6.29. The van der Waals surface area contributed by atoms with Crippen LogP contribution >= 0.6 is 11.6 Å². The topological polar surface area (TPSA) is 81.4 Å². The summed E-state index contributed by atoms with van der Waals surface area (Å²) in [5.41, 5.74) is 3.27. The van der Waals surface area contributed by atoms with Crippen molar-refractivity contribution in [2.75, 3.05) is 0 Å². The Bertz CT molecular complexity index is 1170. The van der Waals surface area contributed by atoms with Crippen molar-refractivity contribution in [2.45, 2.75) is 26.3 Å². The molecule has 0 saturated carbocycles. The van der Waals surface area contributed by atoms with Gasteiger partial charge in [0.05, 0.1) is 11.7 Å². The molecule has 0 saturated heterocycles. The molecule has 3 heterocycles. The first-order valence-corrected chi connectivity index (χ1v) is 9.22. The monoisotopic (exact) mass is 395 g/mol. The second kappa shape index (κ2) is 7.44. The van der Waals surface area contributed by atoms with E-state index in [0.29, 0.717) is 5.65 Å². The zero-order valence-electron chi connectivity index (χ0n) is 15.4. The van der Waals surface area contributed by atoms with E-state index in [1.54, 1.807) is 12.4 Å². The molecule has 0 aliphatic heterocycles. The van der Waals surface area contributed by atoms with Crippen molar-refractivity contribution >= 4 is 34.2 Å². The lowest BCUT2D eigenvalue weighted by Crippen LogP contribution is -2.27. The molecule has 0 unspecified atom stereocenters. The van der Waals surface area contributed by atoms with Gasteiger partial charge in [-0.3, -0.25) is 4.98 Å². The van der Waals surface area contributed by atoms with Gasteiger partial charge in [0, 0.05) is 29.8 Å². The van der Waals surface area contributed by atoms with Gasteiger partial charge in [-0.05, 0) is 23.6 Å². The van der Waals surface area contributed by atoms with Crippen LogP contribution in [-0.2, 0) is 6.54 Å². The van der Waals surface area contributed by atoms with Crippen LogP contribution in [0.25, 0.3) is 16.6 Å². The highest BCUT2D eigenvalue weighted by atomic mass is 35.5. The quantitative estimate of drug-likeness (QED) is 0.520. The average Bonchev–Trinajstić information content (AvgIpc) is 3.10. The second-order valence-corrected chi connectivity index (χ2v) is 7.07. The molecule has 0 bridgehead atoms. The number of para-hydroxylation sites is 1. The van der Waals surface area contributed by atoms with E-state index >= 15 is 0 Å². The third-order valence-corrected chi connectivity index (χ3v) is 4.53. The Morgan fingerprint density at radius 1 is 1.25 bits per heavy atom. The van der Waals surface area contributed by atoms with Crippen LogP contribution in [0, 0.1) is 0 Å². The number of aromatic nitrogens is 4. The highest BCUT2D eigenvalue weighted by Crippen LogP contribution is 2.25. The maximum Gasteiger partial charge on any atom is 0.414 e. The van der Waals surface area contributed by atoms with Crippen LogP contribution in [0.4, 0.5) is 4.79 Å². The van der Waals surface area contributed by atoms with Crippen LogP contribution in [0.5, 0.6) is 5.88 Å². The first-order valence-electron chi connectivity index (χ1n) is 8.85. The van der Waals surface area contributed by atoms with E-state index in [2.05, 4.69) is 20.4 Å². The molecule has 142 valence electrons. The van der Waals surface area contributed by atoms with Gasteiger partial charge in [0.1, 0.15) is 5.15 Å². The van der Waals surface area contributed by atoms with Gasteiger partial charge in [-0.2, -0.15) is 9.61 Å². The normalized spacial score (nSPS) is 11.3. The van der Waals surface area contributed by atoms with Crippen LogP contribution in [0.3, 0.4) is 0 Å². The number of amides is 1. The van der Waals surface area contributed by atoms with Crippen molar-refractivity contribution in [2.24, 2.45) is 0 Å². The molecular weight excluding hydrogens is 378 g/mol. The van der Waals surface area contributed by atoms with E-state index in [9.17, 15) is 4.79 Å². The number of hydrogen-bond donors (Lipinski definition) is 1. The van der Waals surface area contributed by atoms with E-state index in [1.165, 1.54) is 10.6 Å². The summed E-state index contributed by atoms with van der Waals surface area (Å²) in [5, 5.41) is 8.23. The van der Waals surface area contributed by atoms with Crippen LogP contribution in [-0.4, -0.2) is 25.7 Å². The van der Waals surface area contributed by atoms with E-state index in [-0.39, 0.29) is 23.5 Å². The van der Waals surface area contributed by atoms with Gasteiger partial charge in [-0.15, -0.1) is 0 Å². The Morgan fingerprint density at radius 3 is 2.89 bits per heavy atom. The number of benzene rings is 1. The smallest absolute Gasteiger partial charge is 0.391 e. The number of carbonyl (C=O) groups excluding carboxylic acids is 1. The van der Waals surface area contributed by atoms with Crippen LogP contribution in [0.15, 0.2) is 48.8 Å². The van der Waals surface area contributed by atoms with Gasteiger partial charge < -0.3 is 10.1 Å². The largest absolute Gasteiger partial charge is 0.414 e. The van der Waals surface area contributed by atoms with Crippen LogP contribution in [0.1, 0.15) is 30.9 Å². The lowest BCUT2D eigenvalue weighted by Gasteiger charge is -2.09. The lowest BCUT2D eigenvalue weighted by atomic mass is 10.1. The van der Waals surface area contributed by atoms with Crippen molar-refractivity contribution in [3.8, 4) is 5.88 Å². The van der Waals surface area contributed by atoms with Gasteiger partial charge in [-0.25, -0.2) is 9.78 Å². The van der Waals surface area contributed by atoms with Crippen molar-refractivity contribution in [1.82, 2.24) is 24.9 Å². The van der Waals surface area contributed by atoms with Gasteiger partial charge in [-0.1, -0.05) is 43.6 Å². The maximum atomic E-state index is 12.3. The van der Waals surface area contributed by atoms with Gasteiger partial charge in [0.25, 0.3) is 0 Å². The van der Waals surface area contributed by atoms with E-state index in [4.69, 9.17) is 16.3 Å². The number of pyridine rings is 1. The molecule has 1 N–H and O–H groups in total. The maximum absolute atomic E-state index is 12.3. The first kappa shape index (κ1) is 18.2. The molecule has 0 atom stereocenters. The molecule has 4 rings (SSSR count). The zero-order valence-corrected chi connectivity index (χ0v) is 16.1. The summed E-state index contributed by atoms with van der Waals surface area (Å²) in [7, 11) is 0. The highest BCUT2D eigenvalue weighted by Gasteiger charge is 2.16. The zero-order chi connectivity index (χ0) is 19.7. The number of halogens is 1. The summed E-state index contributed by atoms with van der Waals surface area (Å²) in [5.74, 6) is 0.418. The van der Waals surface area contributed by atoms with E-state index in [1.807, 2.05) is 44.2 Å². The summed E-state index contributed by atoms with van der Waals surface area (Å²) >= 11 is 6.10. The minimum absolute atomic E-state index is 0.205. The number of hydrogen-bond acceptors (Lipinski definition) is 5. The molecule has 0 radical (unpaired) electrons. The Balaban J connectivity index is 1.50. The second-order valence-electron chi connectivity index (χ2n) is 6.69. The van der Waals surface area contributed by atoms with Crippen molar-refractivity contribution < 1.29 is 9.53 Å². The molecule has 0 aliphatic rings. The fourth-order valence-corrected chi connectivity index (χ4v) is 3.10. The fraction of sp³-hybridized carbons (Fsp3) is 0.200. The third-order valence-electron chi connectivity index (χ3n) is 4.34. The molecule has 1 amide bonds. The summed E-state index contributed by atoms with van der Waals surface area (Å²) in [6.07, 6.45) is 2.82. The molecule has 28 heavy (non-hydrogen) atoms. The molecule has 0 aliphatic carbocycles. The van der Waals surface area contributed by atoms with Crippen molar-refractivity contribution in [3.05, 3.63) is 65.1 Å². The molecule has 0 spiro atoms. The lowest BCUT2D eigenvalue weighted by molar-refractivity contribution is 0.197. The molecule has 4 aromatic rings. The molecule has 7 nitrogen and oxygen atoms in total. The summed E-state index contributed by atoms with van der Waals surface area (Å²) < 4.78 is 6.89. The number of ether oxygens (including phenoxy) is 1. The Morgan fingerprint density at radius 2 is 2.07 bits per heavy atom. The van der Waals surface area contributed by atoms with Crippen LogP contribution in [0.2, 0.25) is 5.15 Å². The Kier molecular flexibility index (Phi) is 4.83. The van der Waals surface area contributed by atoms with Gasteiger partial charge >= 0.3 is 6.09 Å². The summed E-state index contributed by atoms with van der Waals surface area (Å²) in [6.45, 7) is 4.35. The van der Waals surface area contributed by atoms with Crippen molar-refractivity contribution in [1.29, 1.82) is 0 Å². The van der Waals surface area contributed by atoms with Crippen LogP contribution < -0.4 is 10.1 Å². The molecule has 3 aromatic heterocycles. The SMILES string of the molecule is CC(C)c1cnn2c(OC(=O)NCc3cnc4ccccc4c3)cc(Cl)nc12. The minimum Gasteiger partial charge on any atom is -0.391 e. The van der Waals surface area contributed by atoms with Crippen molar-refractivity contribution in [3.63, 3.8) is 0 Å². The predicted molar refractivity (Wildman–Crippen MR) is 107 cm³/mol. The molecule has 0 fully saturated rings. The molecule has 8 heteroatoms. The Hall–Kier alpha value is -3.19. The molecule has 1 aromatic carbocycles. The minimum atomic E-state index is -0.613. The summed E-state index contributed by atoms with van der Waals surface area (Å²) in [4.78, 5) is 21.0. The van der Waals surface area contributed by atoms with E-state index in [0.717, 1.165) is 22.0 Å².